The average Bonchev–Trinajstić information content (AvgIpc) is 2.41. The predicted octanol–water partition coefficient (Wildman–Crippen LogP) is 4.46. The number of nitrogens with one attached hydrogen (secondary N) is 1. The van der Waals surface area contributed by atoms with Gasteiger partial charge < -0.3 is 16.3 Å². The van der Waals surface area contributed by atoms with Crippen LogP contribution in [0.5, 0.6) is 0 Å². The standard InChI is InChI=1S/C14H21BrClN3O/c1-14(2,13(17)19-20)7-3-4-8-18-10-5-6-12(16)11(15)9-10/h5-6,9,18,20H,3-4,7-8H2,1-2H3,(H2,17,19). The summed E-state index contributed by atoms with van der Waals surface area (Å²) in [5.74, 6) is 0.284. The number of oxime groups is 1. The van der Waals surface area contributed by atoms with Gasteiger partial charge in [-0.1, -0.05) is 37.0 Å². The van der Waals surface area contributed by atoms with Crippen molar-refractivity contribution in [3.05, 3.63) is 27.7 Å². The van der Waals surface area contributed by atoms with E-state index in [0.717, 1.165) is 36.0 Å². The second kappa shape index (κ2) is 7.74. The molecule has 20 heavy (non-hydrogen) atoms. The Kier molecular flexibility index (Phi) is 6.62. The van der Waals surface area contributed by atoms with Crippen LogP contribution in [0.4, 0.5) is 5.69 Å². The molecule has 0 saturated carbocycles. The molecule has 0 fully saturated rings. The van der Waals surface area contributed by atoms with Gasteiger partial charge in [-0.25, -0.2) is 0 Å². The van der Waals surface area contributed by atoms with Crippen molar-refractivity contribution in [2.45, 2.75) is 33.1 Å². The molecule has 0 aliphatic carbocycles. The van der Waals surface area contributed by atoms with Gasteiger partial charge in [-0.2, -0.15) is 0 Å². The van der Waals surface area contributed by atoms with Crippen LogP contribution in [0, 0.1) is 5.41 Å². The molecule has 0 aliphatic heterocycles. The van der Waals surface area contributed by atoms with E-state index < -0.39 is 0 Å². The van der Waals surface area contributed by atoms with Gasteiger partial charge in [-0.05, 0) is 47.0 Å². The first-order chi connectivity index (χ1) is 9.36. The minimum absolute atomic E-state index is 0.266. The first kappa shape index (κ1) is 17.1. The average molecular weight is 363 g/mol. The maximum absolute atomic E-state index is 8.71. The summed E-state index contributed by atoms with van der Waals surface area (Å²) in [4.78, 5) is 0. The second-order valence-electron chi connectivity index (χ2n) is 5.38. The zero-order valence-electron chi connectivity index (χ0n) is 11.8. The number of hydrogen-bond donors (Lipinski definition) is 3. The van der Waals surface area contributed by atoms with Gasteiger partial charge in [0, 0.05) is 22.1 Å². The Labute approximate surface area is 133 Å². The van der Waals surface area contributed by atoms with Crippen LogP contribution >= 0.6 is 27.5 Å². The Morgan fingerprint density at radius 3 is 2.75 bits per heavy atom. The Bertz CT molecular complexity index is 477. The molecule has 0 aromatic heterocycles. The third kappa shape index (κ3) is 5.21. The fourth-order valence-electron chi connectivity index (χ4n) is 1.79. The minimum Gasteiger partial charge on any atom is -0.409 e. The lowest BCUT2D eigenvalue weighted by atomic mass is 9.86. The zero-order valence-corrected chi connectivity index (χ0v) is 14.1. The molecule has 0 unspecified atom stereocenters. The number of unbranched alkanes of at least 4 members (excludes halogenated alkanes) is 1. The normalized spacial score (nSPS) is 12.5. The number of nitrogens with zero attached hydrogens (tertiary/aromatic N) is 1. The Hall–Kier alpha value is -0.940. The van der Waals surface area contributed by atoms with E-state index in [1.807, 2.05) is 32.0 Å². The molecule has 0 atom stereocenters. The Morgan fingerprint density at radius 2 is 2.15 bits per heavy atom. The number of hydrogen-bond acceptors (Lipinski definition) is 3. The molecule has 0 bridgehead atoms. The number of rotatable bonds is 7. The molecule has 0 spiro atoms. The highest BCUT2D eigenvalue weighted by Gasteiger charge is 2.22. The third-order valence-electron chi connectivity index (χ3n) is 3.28. The highest BCUT2D eigenvalue weighted by Crippen LogP contribution is 2.26. The van der Waals surface area contributed by atoms with Gasteiger partial charge in [0.2, 0.25) is 0 Å². The first-order valence-corrected chi connectivity index (χ1v) is 7.71. The summed E-state index contributed by atoms with van der Waals surface area (Å²) in [6.07, 6.45) is 2.91. The summed E-state index contributed by atoms with van der Waals surface area (Å²) in [5, 5.41) is 15.8. The molecule has 0 aliphatic rings. The Balaban J connectivity index is 2.30. The lowest BCUT2D eigenvalue weighted by molar-refractivity contribution is 0.304. The van der Waals surface area contributed by atoms with Crippen LogP contribution in [-0.4, -0.2) is 17.6 Å². The molecule has 112 valence electrons. The predicted molar refractivity (Wildman–Crippen MR) is 88.7 cm³/mol. The van der Waals surface area contributed by atoms with Crippen molar-refractivity contribution in [2.75, 3.05) is 11.9 Å². The smallest absolute Gasteiger partial charge is 0.144 e. The minimum atomic E-state index is -0.266. The van der Waals surface area contributed by atoms with Gasteiger partial charge in [-0.3, -0.25) is 0 Å². The van der Waals surface area contributed by atoms with Gasteiger partial charge in [0.15, 0.2) is 0 Å². The van der Waals surface area contributed by atoms with E-state index in [9.17, 15) is 0 Å². The van der Waals surface area contributed by atoms with Crippen LogP contribution in [0.3, 0.4) is 0 Å². The molecule has 0 amide bonds. The number of amidine groups is 1. The van der Waals surface area contributed by atoms with Crippen molar-refractivity contribution in [1.29, 1.82) is 0 Å². The molecule has 1 aromatic carbocycles. The summed E-state index contributed by atoms with van der Waals surface area (Å²) in [5.41, 5.74) is 6.43. The number of benzene rings is 1. The van der Waals surface area contributed by atoms with Gasteiger partial charge in [0.25, 0.3) is 0 Å². The zero-order chi connectivity index (χ0) is 15.2. The molecule has 1 aromatic rings. The SMILES string of the molecule is CC(C)(CCCCNc1ccc(Cl)c(Br)c1)/C(N)=N/O. The molecule has 0 saturated heterocycles. The van der Waals surface area contributed by atoms with Crippen LogP contribution in [0.25, 0.3) is 0 Å². The van der Waals surface area contributed by atoms with Crippen molar-refractivity contribution >= 4 is 39.1 Å². The number of nitrogens with two attached hydrogens (primary N) is 1. The van der Waals surface area contributed by atoms with E-state index in [1.165, 1.54) is 0 Å². The molecule has 0 radical (unpaired) electrons. The lowest BCUT2D eigenvalue weighted by Crippen LogP contribution is -2.31. The van der Waals surface area contributed by atoms with Crippen molar-refractivity contribution in [3.63, 3.8) is 0 Å². The highest BCUT2D eigenvalue weighted by atomic mass is 79.9. The molecule has 6 heteroatoms. The lowest BCUT2D eigenvalue weighted by Gasteiger charge is -2.22. The maximum atomic E-state index is 8.71. The van der Waals surface area contributed by atoms with Crippen LogP contribution in [0.1, 0.15) is 33.1 Å². The second-order valence-corrected chi connectivity index (χ2v) is 6.64. The van der Waals surface area contributed by atoms with Crippen LogP contribution in [0.15, 0.2) is 27.8 Å². The molecular formula is C14H21BrClN3O. The van der Waals surface area contributed by atoms with Crippen LogP contribution in [-0.2, 0) is 0 Å². The van der Waals surface area contributed by atoms with Gasteiger partial charge >= 0.3 is 0 Å². The largest absolute Gasteiger partial charge is 0.409 e. The molecule has 0 heterocycles. The summed E-state index contributed by atoms with van der Waals surface area (Å²) in [6, 6.07) is 5.77. The summed E-state index contributed by atoms with van der Waals surface area (Å²) < 4.78 is 0.886. The number of anilines is 1. The van der Waals surface area contributed by atoms with E-state index in [2.05, 4.69) is 26.4 Å². The van der Waals surface area contributed by atoms with Gasteiger partial charge in [0.1, 0.15) is 5.84 Å². The van der Waals surface area contributed by atoms with E-state index in [4.69, 9.17) is 22.5 Å². The third-order valence-corrected chi connectivity index (χ3v) is 4.49. The molecular weight excluding hydrogens is 342 g/mol. The van der Waals surface area contributed by atoms with Crippen molar-refractivity contribution in [3.8, 4) is 0 Å². The van der Waals surface area contributed by atoms with E-state index in [-0.39, 0.29) is 11.3 Å². The summed E-state index contributed by atoms with van der Waals surface area (Å²) >= 11 is 9.34. The van der Waals surface area contributed by atoms with Gasteiger partial charge in [0.05, 0.1) is 5.02 Å². The van der Waals surface area contributed by atoms with Gasteiger partial charge in [-0.15, -0.1) is 0 Å². The fourth-order valence-corrected chi connectivity index (χ4v) is 2.29. The summed E-state index contributed by atoms with van der Waals surface area (Å²) in [7, 11) is 0. The molecule has 4 nitrogen and oxygen atoms in total. The number of halogens is 2. The van der Waals surface area contributed by atoms with Crippen molar-refractivity contribution < 1.29 is 5.21 Å². The quantitative estimate of drug-likeness (QED) is 0.220. The van der Waals surface area contributed by atoms with Crippen molar-refractivity contribution in [2.24, 2.45) is 16.3 Å². The monoisotopic (exact) mass is 361 g/mol. The van der Waals surface area contributed by atoms with E-state index in [1.54, 1.807) is 0 Å². The van der Waals surface area contributed by atoms with Crippen LogP contribution in [0.2, 0.25) is 5.02 Å². The van der Waals surface area contributed by atoms with E-state index in [0.29, 0.717) is 5.02 Å². The summed E-state index contributed by atoms with van der Waals surface area (Å²) in [6.45, 7) is 4.83. The maximum Gasteiger partial charge on any atom is 0.144 e. The molecule has 1 rings (SSSR count). The fraction of sp³-hybridized carbons (Fsp3) is 0.500. The highest BCUT2D eigenvalue weighted by molar-refractivity contribution is 9.10. The Morgan fingerprint density at radius 1 is 1.45 bits per heavy atom. The topological polar surface area (TPSA) is 70.6 Å². The van der Waals surface area contributed by atoms with E-state index >= 15 is 0 Å². The van der Waals surface area contributed by atoms with Crippen LogP contribution < -0.4 is 11.1 Å². The first-order valence-electron chi connectivity index (χ1n) is 6.54. The van der Waals surface area contributed by atoms with Crippen molar-refractivity contribution in [1.82, 2.24) is 0 Å². The molecule has 4 N–H and O–H groups in total.